The number of anilines is 1. The first-order chi connectivity index (χ1) is 9.58. The van der Waals surface area contributed by atoms with Crippen molar-refractivity contribution < 1.29 is 9.21 Å². The Kier molecular flexibility index (Phi) is 4.82. The summed E-state index contributed by atoms with van der Waals surface area (Å²) >= 11 is 6.02. The van der Waals surface area contributed by atoms with Crippen LogP contribution in [0, 0.1) is 0 Å². The number of amides is 1. The Morgan fingerprint density at radius 2 is 2.10 bits per heavy atom. The van der Waals surface area contributed by atoms with Crippen LogP contribution in [0.25, 0.3) is 0 Å². The summed E-state index contributed by atoms with van der Waals surface area (Å²) in [6, 6.07) is 10.6. The Morgan fingerprint density at radius 1 is 1.35 bits per heavy atom. The van der Waals surface area contributed by atoms with Crippen LogP contribution in [-0.2, 0) is 11.3 Å². The minimum Gasteiger partial charge on any atom is -0.468 e. The first-order valence-electron chi connectivity index (χ1n) is 6.36. The minimum absolute atomic E-state index is 0.104. The monoisotopic (exact) mass is 292 g/mol. The lowest BCUT2D eigenvalue weighted by Gasteiger charge is -2.23. The van der Waals surface area contributed by atoms with Crippen LogP contribution < -0.4 is 5.32 Å². The molecule has 5 heteroatoms. The van der Waals surface area contributed by atoms with Gasteiger partial charge in [0, 0.05) is 0 Å². The summed E-state index contributed by atoms with van der Waals surface area (Å²) in [5, 5.41) is 3.36. The summed E-state index contributed by atoms with van der Waals surface area (Å²) in [6.07, 6.45) is 1.62. The Balaban J connectivity index is 1.96. The molecule has 106 valence electrons. The van der Waals surface area contributed by atoms with Gasteiger partial charge in [0.05, 0.1) is 29.6 Å². The Hall–Kier alpha value is -1.78. The van der Waals surface area contributed by atoms with E-state index in [1.165, 1.54) is 0 Å². The molecule has 0 fully saturated rings. The first-order valence-corrected chi connectivity index (χ1v) is 6.73. The lowest BCUT2D eigenvalue weighted by Crippen LogP contribution is -2.39. The fourth-order valence-corrected chi connectivity index (χ4v) is 1.97. The number of benzene rings is 1. The summed E-state index contributed by atoms with van der Waals surface area (Å²) in [7, 11) is 1.87. The molecule has 1 heterocycles. The summed E-state index contributed by atoms with van der Waals surface area (Å²) in [4.78, 5) is 14.1. The molecule has 2 rings (SSSR count). The molecule has 0 spiro atoms. The van der Waals surface area contributed by atoms with Crippen LogP contribution in [0.1, 0.15) is 12.7 Å². The summed E-state index contributed by atoms with van der Waals surface area (Å²) < 4.78 is 5.28. The van der Waals surface area contributed by atoms with Crippen molar-refractivity contribution in [3.05, 3.63) is 53.4 Å². The molecule has 0 saturated heterocycles. The number of rotatable bonds is 5. The van der Waals surface area contributed by atoms with Crippen molar-refractivity contribution in [1.29, 1.82) is 0 Å². The number of furan rings is 1. The molecule has 1 aromatic carbocycles. The largest absolute Gasteiger partial charge is 0.468 e. The third-order valence-electron chi connectivity index (χ3n) is 3.16. The molecular formula is C15H17ClN2O2. The van der Waals surface area contributed by atoms with Gasteiger partial charge in [0.25, 0.3) is 0 Å². The topological polar surface area (TPSA) is 45.5 Å². The molecule has 0 radical (unpaired) electrons. The normalized spacial score (nSPS) is 12.4. The maximum Gasteiger partial charge on any atom is 0.241 e. The third-order valence-corrected chi connectivity index (χ3v) is 3.49. The summed E-state index contributed by atoms with van der Waals surface area (Å²) in [6.45, 7) is 2.42. The number of carbonyl (C=O) groups excluding carboxylic acids is 1. The van der Waals surface area contributed by atoms with Gasteiger partial charge in [-0.1, -0.05) is 23.7 Å². The second-order valence-corrected chi connectivity index (χ2v) is 5.05. The highest BCUT2D eigenvalue weighted by molar-refractivity contribution is 6.33. The average molecular weight is 293 g/mol. The zero-order valence-corrected chi connectivity index (χ0v) is 12.2. The lowest BCUT2D eigenvalue weighted by molar-refractivity contribution is -0.120. The van der Waals surface area contributed by atoms with Gasteiger partial charge >= 0.3 is 0 Å². The van der Waals surface area contributed by atoms with Crippen LogP contribution in [-0.4, -0.2) is 23.9 Å². The highest BCUT2D eigenvalue weighted by atomic mass is 35.5. The predicted octanol–water partition coefficient (Wildman–Crippen LogP) is 3.39. The van der Waals surface area contributed by atoms with Crippen molar-refractivity contribution in [3.63, 3.8) is 0 Å². The van der Waals surface area contributed by atoms with Gasteiger partial charge < -0.3 is 9.73 Å². The van der Waals surface area contributed by atoms with Gasteiger partial charge in [-0.15, -0.1) is 0 Å². The third kappa shape index (κ3) is 3.62. The second kappa shape index (κ2) is 6.59. The van der Waals surface area contributed by atoms with E-state index in [0.717, 1.165) is 5.76 Å². The fraction of sp³-hybridized carbons (Fsp3) is 0.267. The van der Waals surface area contributed by atoms with Gasteiger partial charge in [0.2, 0.25) is 5.91 Å². The fourth-order valence-electron chi connectivity index (χ4n) is 1.79. The number of hydrogen-bond donors (Lipinski definition) is 1. The number of likely N-dealkylation sites (N-methyl/N-ethyl adjacent to an activating group) is 1. The van der Waals surface area contributed by atoms with Crippen molar-refractivity contribution in [1.82, 2.24) is 4.90 Å². The number of para-hydroxylation sites is 1. The quantitative estimate of drug-likeness (QED) is 0.919. The molecule has 1 aromatic heterocycles. The van der Waals surface area contributed by atoms with E-state index >= 15 is 0 Å². The minimum atomic E-state index is -0.295. The zero-order chi connectivity index (χ0) is 14.5. The number of nitrogens with zero attached hydrogens (tertiary/aromatic N) is 1. The maximum atomic E-state index is 12.2. The van der Waals surface area contributed by atoms with Crippen molar-refractivity contribution in [2.45, 2.75) is 19.5 Å². The molecule has 0 aliphatic carbocycles. The van der Waals surface area contributed by atoms with E-state index in [1.54, 1.807) is 18.4 Å². The predicted molar refractivity (Wildman–Crippen MR) is 79.7 cm³/mol. The van der Waals surface area contributed by atoms with E-state index < -0.39 is 0 Å². The SMILES string of the molecule is CC(C(=O)Nc1ccccc1Cl)N(C)Cc1ccco1. The molecule has 0 aliphatic heterocycles. The van der Waals surface area contributed by atoms with E-state index in [-0.39, 0.29) is 11.9 Å². The van der Waals surface area contributed by atoms with E-state index in [4.69, 9.17) is 16.0 Å². The van der Waals surface area contributed by atoms with Gasteiger partial charge in [-0.2, -0.15) is 0 Å². The van der Waals surface area contributed by atoms with Crippen LogP contribution in [0.2, 0.25) is 5.02 Å². The molecule has 1 amide bonds. The summed E-state index contributed by atoms with van der Waals surface area (Å²) in [5.41, 5.74) is 0.623. The molecule has 1 atom stereocenters. The molecular weight excluding hydrogens is 276 g/mol. The second-order valence-electron chi connectivity index (χ2n) is 4.64. The molecule has 2 aromatic rings. The number of hydrogen-bond acceptors (Lipinski definition) is 3. The van der Waals surface area contributed by atoms with Crippen molar-refractivity contribution in [3.8, 4) is 0 Å². The van der Waals surface area contributed by atoms with Crippen molar-refractivity contribution in [2.24, 2.45) is 0 Å². The average Bonchev–Trinajstić information content (AvgIpc) is 2.93. The van der Waals surface area contributed by atoms with Gasteiger partial charge in [0.1, 0.15) is 5.76 Å². The number of nitrogens with one attached hydrogen (secondary N) is 1. The van der Waals surface area contributed by atoms with E-state index in [9.17, 15) is 4.79 Å². The molecule has 20 heavy (non-hydrogen) atoms. The molecule has 4 nitrogen and oxygen atoms in total. The van der Waals surface area contributed by atoms with Crippen LogP contribution in [0.4, 0.5) is 5.69 Å². The molecule has 1 unspecified atom stereocenters. The zero-order valence-electron chi connectivity index (χ0n) is 11.5. The molecule has 0 bridgehead atoms. The van der Waals surface area contributed by atoms with Gasteiger partial charge in [0.15, 0.2) is 0 Å². The van der Waals surface area contributed by atoms with Crippen molar-refractivity contribution >= 4 is 23.2 Å². The molecule has 1 N–H and O–H groups in total. The Labute approximate surface area is 123 Å². The van der Waals surface area contributed by atoms with Crippen LogP contribution in [0.5, 0.6) is 0 Å². The smallest absolute Gasteiger partial charge is 0.241 e. The van der Waals surface area contributed by atoms with Crippen LogP contribution in [0.15, 0.2) is 47.1 Å². The van der Waals surface area contributed by atoms with E-state index in [1.807, 2.05) is 43.1 Å². The molecule has 0 aliphatic rings. The van der Waals surface area contributed by atoms with E-state index in [2.05, 4.69) is 5.32 Å². The Morgan fingerprint density at radius 3 is 2.75 bits per heavy atom. The highest BCUT2D eigenvalue weighted by Crippen LogP contribution is 2.21. The van der Waals surface area contributed by atoms with Gasteiger partial charge in [-0.25, -0.2) is 0 Å². The van der Waals surface area contributed by atoms with Crippen LogP contribution in [0.3, 0.4) is 0 Å². The number of halogens is 1. The standard InChI is InChI=1S/C15H17ClN2O2/c1-11(18(2)10-12-6-5-9-20-12)15(19)17-14-8-4-3-7-13(14)16/h3-9,11H,10H2,1-2H3,(H,17,19). The van der Waals surface area contributed by atoms with Gasteiger partial charge in [-0.3, -0.25) is 9.69 Å². The lowest BCUT2D eigenvalue weighted by atomic mass is 10.2. The van der Waals surface area contributed by atoms with E-state index in [0.29, 0.717) is 17.3 Å². The maximum absolute atomic E-state index is 12.2. The highest BCUT2D eigenvalue weighted by Gasteiger charge is 2.19. The van der Waals surface area contributed by atoms with Crippen LogP contribution >= 0.6 is 11.6 Å². The number of carbonyl (C=O) groups is 1. The Bertz CT molecular complexity index is 569. The first kappa shape index (κ1) is 14.6. The van der Waals surface area contributed by atoms with Gasteiger partial charge in [-0.05, 0) is 38.2 Å². The van der Waals surface area contributed by atoms with Crippen molar-refractivity contribution in [2.75, 3.05) is 12.4 Å². The summed E-state index contributed by atoms with van der Waals surface area (Å²) in [5.74, 6) is 0.719. The molecule has 0 saturated carbocycles.